The molecule has 3 aromatic rings. The highest BCUT2D eigenvalue weighted by atomic mass is 32.1. The first-order chi connectivity index (χ1) is 13.9. The van der Waals surface area contributed by atoms with E-state index in [1.54, 1.807) is 11.3 Å². The van der Waals surface area contributed by atoms with E-state index < -0.39 is 0 Å². The minimum Gasteiger partial charge on any atom is -0.492 e. The monoisotopic (exact) mass is 413 g/mol. The van der Waals surface area contributed by atoms with E-state index in [-0.39, 0.29) is 11.3 Å². The average molecular weight is 414 g/mol. The number of nitrogens with one attached hydrogen (secondary N) is 1. The molecule has 0 unspecified atom stereocenters. The van der Waals surface area contributed by atoms with E-state index in [9.17, 15) is 4.79 Å². The molecule has 0 saturated carbocycles. The number of benzene rings is 1. The van der Waals surface area contributed by atoms with Gasteiger partial charge < -0.3 is 14.6 Å². The fourth-order valence-corrected chi connectivity index (χ4v) is 3.41. The molecule has 0 atom stereocenters. The van der Waals surface area contributed by atoms with E-state index in [0.717, 1.165) is 10.6 Å². The standard InChI is InChI=1S/C22H27N3O3S/c1-22(2,3)16-9-11-17(12-10-16)27-14-13-23-19(26)7-4-8-20-24-21(25-28-20)18-6-5-15-29-18/h5-6,9-12,15H,4,7-8,13-14H2,1-3H3,(H,23,26). The zero-order valence-electron chi connectivity index (χ0n) is 17.1. The Bertz CT molecular complexity index is 896. The van der Waals surface area contributed by atoms with Crippen molar-refractivity contribution in [2.24, 2.45) is 0 Å². The number of carbonyl (C=O) groups excluding carboxylic acids is 1. The SMILES string of the molecule is CC(C)(C)c1ccc(OCCNC(=O)CCCc2nc(-c3cccs3)no2)cc1. The highest BCUT2D eigenvalue weighted by molar-refractivity contribution is 7.13. The Morgan fingerprint density at radius 1 is 1.21 bits per heavy atom. The Hall–Kier alpha value is -2.67. The number of carbonyl (C=O) groups is 1. The van der Waals surface area contributed by atoms with E-state index in [1.165, 1.54) is 5.56 Å². The predicted molar refractivity (Wildman–Crippen MR) is 114 cm³/mol. The molecule has 0 saturated heterocycles. The molecule has 0 radical (unpaired) electrons. The van der Waals surface area contributed by atoms with Crippen molar-refractivity contribution >= 4 is 17.2 Å². The van der Waals surface area contributed by atoms with Crippen molar-refractivity contribution in [3.63, 3.8) is 0 Å². The van der Waals surface area contributed by atoms with Gasteiger partial charge in [-0.3, -0.25) is 4.79 Å². The first-order valence-electron chi connectivity index (χ1n) is 9.78. The molecule has 2 aromatic heterocycles. The minimum atomic E-state index is -0.00493. The second-order valence-corrected chi connectivity index (χ2v) is 8.76. The Morgan fingerprint density at radius 3 is 2.69 bits per heavy atom. The zero-order chi connectivity index (χ0) is 20.7. The molecule has 0 spiro atoms. The van der Waals surface area contributed by atoms with Crippen LogP contribution in [0.2, 0.25) is 0 Å². The van der Waals surface area contributed by atoms with Crippen LogP contribution in [0.4, 0.5) is 0 Å². The molecule has 1 N–H and O–H groups in total. The van der Waals surface area contributed by atoms with E-state index in [0.29, 0.717) is 44.1 Å². The van der Waals surface area contributed by atoms with E-state index in [4.69, 9.17) is 9.26 Å². The minimum absolute atomic E-state index is 0.00493. The summed E-state index contributed by atoms with van der Waals surface area (Å²) in [7, 11) is 0. The molecule has 2 heterocycles. The smallest absolute Gasteiger partial charge is 0.226 e. The van der Waals surface area contributed by atoms with Crippen molar-refractivity contribution in [1.29, 1.82) is 0 Å². The Kier molecular flexibility index (Phi) is 7.04. The highest BCUT2D eigenvalue weighted by Gasteiger charge is 2.13. The number of amides is 1. The number of thiophene rings is 1. The molecule has 0 aliphatic rings. The summed E-state index contributed by atoms with van der Waals surface area (Å²) < 4.78 is 10.9. The molecule has 29 heavy (non-hydrogen) atoms. The summed E-state index contributed by atoms with van der Waals surface area (Å²) in [5.74, 6) is 1.97. The number of nitrogens with zero attached hydrogens (tertiary/aromatic N) is 2. The molecule has 1 aromatic carbocycles. The van der Waals surface area contributed by atoms with Gasteiger partial charge in [0, 0.05) is 12.8 Å². The lowest BCUT2D eigenvalue weighted by Crippen LogP contribution is -2.27. The third-order valence-corrected chi connectivity index (χ3v) is 5.28. The van der Waals surface area contributed by atoms with Crippen LogP contribution in [0, 0.1) is 0 Å². The molecule has 0 aliphatic heterocycles. The third kappa shape index (κ3) is 6.42. The average Bonchev–Trinajstić information content (AvgIpc) is 3.36. The van der Waals surface area contributed by atoms with Gasteiger partial charge in [0.15, 0.2) is 0 Å². The number of ether oxygens (including phenoxy) is 1. The second kappa shape index (κ2) is 9.69. The maximum absolute atomic E-state index is 12.0. The van der Waals surface area contributed by atoms with Crippen LogP contribution in [0.15, 0.2) is 46.3 Å². The van der Waals surface area contributed by atoms with Gasteiger partial charge in [-0.2, -0.15) is 4.98 Å². The Morgan fingerprint density at radius 2 is 2.00 bits per heavy atom. The Balaban J connectivity index is 1.30. The largest absolute Gasteiger partial charge is 0.492 e. The molecule has 1 amide bonds. The molecule has 154 valence electrons. The molecule has 7 heteroatoms. The summed E-state index contributed by atoms with van der Waals surface area (Å²) in [5, 5.41) is 8.82. The van der Waals surface area contributed by atoms with Crippen LogP contribution in [0.5, 0.6) is 5.75 Å². The van der Waals surface area contributed by atoms with Crippen LogP contribution in [-0.2, 0) is 16.6 Å². The molecular weight excluding hydrogens is 386 g/mol. The lowest BCUT2D eigenvalue weighted by molar-refractivity contribution is -0.121. The normalized spacial score (nSPS) is 11.4. The quantitative estimate of drug-likeness (QED) is 0.518. The third-order valence-electron chi connectivity index (χ3n) is 4.42. The fourth-order valence-electron chi connectivity index (χ4n) is 2.76. The maximum atomic E-state index is 12.0. The summed E-state index contributed by atoms with van der Waals surface area (Å²) in [5.41, 5.74) is 1.39. The van der Waals surface area contributed by atoms with Gasteiger partial charge in [-0.25, -0.2) is 0 Å². The highest BCUT2D eigenvalue weighted by Crippen LogP contribution is 2.24. The van der Waals surface area contributed by atoms with E-state index >= 15 is 0 Å². The lowest BCUT2D eigenvalue weighted by Gasteiger charge is -2.19. The predicted octanol–water partition coefficient (Wildman–Crippen LogP) is 4.61. The Labute approximate surface area is 175 Å². The van der Waals surface area contributed by atoms with Crippen molar-refractivity contribution in [2.45, 2.75) is 45.4 Å². The zero-order valence-corrected chi connectivity index (χ0v) is 17.9. The molecule has 3 rings (SSSR count). The van der Waals surface area contributed by atoms with Crippen LogP contribution < -0.4 is 10.1 Å². The van der Waals surface area contributed by atoms with Crippen molar-refractivity contribution in [3.8, 4) is 16.5 Å². The van der Waals surface area contributed by atoms with Gasteiger partial charge in [-0.15, -0.1) is 11.3 Å². The van der Waals surface area contributed by atoms with Gasteiger partial charge in [-0.05, 0) is 41.0 Å². The van der Waals surface area contributed by atoms with Crippen LogP contribution >= 0.6 is 11.3 Å². The number of hydrogen-bond acceptors (Lipinski definition) is 6. The summed E-state index contributed by atoms with van der Waals surface area (Å²) in [6.45, 7) is 7.45. The molecule has 0 aliphatic carbocycles. The van der Waals surface area contributed by atoms with Crippen LogP contribution in [0.25, 0.3) is 10.7 Å². The van der Waals surface area contributed by atoms with Gasteiger partial charge in [0.2, 0.25) is 17.6 Å². The number of aromatic nitrogens is 2. The van der Waals surface area contributed by atoms with Crippen LogP contribution in [0.3, 0.4) is 0 Å². The number of aryl methyl sites for hydroxylation is 1. The number of rotatable bonds is 9. The maximum Gasteiger partial charge on any atom is 0.226 e. The van der Waals surface area contributed by atoms with Crippen molar-refractivity contribution in [1.82, 2.24) is 15.5 Å². The van der Waals surface area contributed by atoms with Crippen molar-refractivity contribution in [2.75, 3.05) is 13.2 Å². The topological polar surface area (TPSA) is 77.2 Å². The molecule has 0 bridgehead atoms. The first-order valence-corrected chi connectivity index (χ1v) is 10.7. The van der Waals surface area contributed by atoms with Gasteiger partial charge in [0.25, 0.3) is 0 Å². The van der Waals surface area contributed by atoms with Gasteiger partial charge in [0.05, 0.1) is 11.4 Å². The molecule has 6 nitrogen and oxygen atoms in total. The lowest BCUT2D eigenvalue weighted by atomic mass is 9.87. The summed E-state index contributed by atoms with van der Waals surface area (Å²) in [6.07, 6.45) is 1.66. The first kappa shape index (κ1) is 21.0. The van der Waals surface area contributed by atoms with Gasteiger partial charge >= 0.3 is 0 Å². The van der Waals surface area contributed by atoms with Gasteiger partial charge in [-0.1, -0.05) is 44.1 Å². The van der Waals surface area contributed by atoms with Crippen molar-refractivity contribution in [3.05, 3.63) is 53.2 Å². The van der Waals surface area contributed by atoms with E-state index in [1.807, 2.05) is 29.6 Å². The summed E-state index contributed by atoms with van der Waals surface area (Å²) in [4.78, 5) is 17.3. The summed E-state index contributed by atoms with van der Waals surface area (Å²) in [6, 6.07) is 12.0. The van der Waals surface area contributed by atoms with E-state index in [2.05, 4.69) is 48.4 Å². The number of hydrogen-bond donors (Lipinski definition) is 1. The van der Waals surface area contributed by atoms with Crippen LogP contribution in [-0.4, -0.2) is 29.2 Å². The second-order valence-electron chi connectivity index (χ2n) is 7.82. The molecule has 0 fully saturated rings. The van der Waals surface area contributed by atoms with Crippen LogP contribution in [0.1, 0.15) is 45.1 Å². The molecular formula is C22H27N3O3S. The van der Waals surface area contributed by atoms with Crippen molar-refractivity contribution < 1.29 is 14.1 Å². The van der Waals surface area contributed by atoms with Gasteiger partial charge in [0.1, 0.15) is 12.4 Å². The summed E-state index contributed by atoms with van der Waals surface area (Å²) >= 11 is 1.57. The fraction of sp³-hybridized carbons (Fsp3) is 0.409.